The van der Waals surface area contributed by atoms with Crippen molar-refractivity contribution >= 4 is 16.9 Å². The van der Waals surface area contributed by atoms with Crippen molar-refractivity contribution in [3.8, 4) is 0 Å². The lowest BCUT2D eigenvalue weighted by Gasteiger charge is -2.30. The van der Waals surface area contributed by atoms with Crippen LogP contribution in [0, 0.1) is 6.92 Å². The fourth-order valence-corrected chi connectivity index (χ4v) is 3.23. The molecule has 0 amide bonds. The molecular formula is C17H21NO4. The van der Waals surface area contributed by atoms with Crippen molar-refractivity contribution < 1.29 is 19.0 Å². The quantitative estimate of drug-likeness (QED) is 0.818. The van der Waals surface area contributed by atoms with Gasteiger partial charge in [-0.15, -0.1) is 0 Å². The molecule has 1 saturated heterocycles. The Labute approximate surface area is 129 Å². The molecule has 2 heterocycles. The van der Waals surface area contributed by atoms with Gasteiger partial charge in [0.2, 0.25) is 0 Å². The lowest BCUT2D eigenvalue weighted by Crippen LogP contribution is -2.35. The fraction of sp³-hybridized carbons (Fsp3) is 0.471. The number of aromatic nitrogens is 1. The molecule has 1 aromatic heterocycles. The SMILES string of the molecule is COC(=O)c1c(C)n(C(C)C2COCCO2)c2ccccc12. The summed E-state index contributed by atoms with van der Waals surface area (Å²) in [4.78, 5) is 12.2. The molecule has 0 spiro atoms. The van der Waals surface area contributed by atoms with Crippen LogP contribution in [0.4, 0.5) is 0 Å². The standard InChI is InChI=1S/C17H21NO4/c1-11(15-10-21-8-9-22-15)18-12(2)16(17(19)20-3)13-6-4-5-7-14(13)18/h4-7,11,15H,8-10H2,1-3H3. The Kier molecular flexibility index (Phi) is 4.18. The predicted octanol–water partition coefficient (Wildman–Crippen LogP) is 2.71. The molecule has 0 N–H and O–H groups in total. The summed E-state index contributed by atoms with van der Waals surface area (Å²) in [7, 11) is 1.41. The highest BCUT2D eigenvalue weighted by molar-refractivity contribution is 6.05. The van der Waals surface area contributed by atoms with Crippen LogP contribution in [0.15, 0.2) is 24.3 Å². The zero-order valence-electron chi connectivity index (χ0n) is 13.2. The zero-order valence-corrected chi connectivity index (χ0v) is 13.2. The largest absolute Gasteiger partial charge is 0.465 e. The molecular weight excluding hydrogens is 282 g/mol. The Balaban J connectivity index is 2.12. The number of para-hydroxylation sites is 1. The lowest BCUT2D eigenvalue weighted by molar-refractivity contribution is -0.104. The number of benzene rings is 1. The third-order valence-electron chi connectivity index (χ3n) is 4.33. The minimum atomic E-state index is -0.305. The van der Waals surface area contributed by atoms with E-state index in [0.717, 1.165) is 16.6 Å². The van der Waals surface area contributed by atoms with Gasteiger partial charge in [-0.25, -0.2) is 4.79 Å². The Morgan fingerprint density at radius 2 is 2.14 bits per heavy atom. The van der Waals surface area contributed by atoms with Gasteiger partial charge in [-0.3, -0.25) is 0 Å². The number of hydrogen-bond donors (Lipinski definition) is 0. The molecule has 0 bridgehead atoms. The van der Waals surface area contributed by atoms with Gasteiger partial charge in [0.15, 0.2) is 0 Å². The molecule has 0 radical (unpaired) electrons. The minimum Gasteiger partial charge on any atom is -0.465 e. The molecule has 2 unspecified atom stereocenters. The molecule has 1 fully saturated rings. The minimum absolute atomic E-state index is 0.0197. The van der Waals surface area contributed by atoms with Gasteiger partial charge in [0, 0.05) is 16.6 Å². The highest BCUT2D eigenvalue weighted by atomic mass is 16.6. The van der Waals surface area contributed by atoms with Crippen molar-refractivity contribution in [3.05, 3.63) is 35.5 Å². The van der Waals surface area contributed by atoms with Crippen molar-refractivity contribution in [2.75, 3.05) is 26.9 Å². The van der Waals surface area contributed by atoms with Gasteiger partial charge < -0.3 is 18.8 Å². The topological polar surface area (TPSA) is 49.7 Å². The van der Waals surface area contributed by atoms with Crippen LogP contribution < -0.4 is 0 Å². The predicted molar refractivity (Wildman–Crippen MR) is 83.3 cm³/mol. The molecule has 2 atom stereocenters. The summed E-state index contributed by atoms with van der Waals surface area (Å²) in [6.45, 7) is 5.87. The fourth-order valence-electron chi connectivity index (χ4n) is 3.23. The molecule has 1 aliphatic heterocycles. The Bertz CT molecular complexity index is 685. The van der Waals surface area contributed by atoms with Gasteiger partial charge in [0.05, 0.1) is 38.5 Å². The summed E-state index contributed by atoms with van der Waals surface area (Å²) in [5.74, 6) is -0.305. The number of rotatable bonds is 3. The number of esters is 1. The first kappa shape index (κ1) is 15.1. The number of hydrogen-bond acceptors (Lipinski definition) is 4. The highest BCUT2D eigenvalue weighted by Crippen LogP contribution is 2.31. The van der Waals surface area contributed by atoms with Crippen LogP contribution in [0.3, 0.4) is 0 Å². The molecule has 3 rings (SSSR count). The third kappa shape index (κ3) is 2.40. The van der Waals surface area contributed by atoms with E-state index in [4.69, 9.17) is 14.2 Å². The normalized spacial score (nSPS) is 20.0. The van der Waals surface area contributed by atoms with Gasteiger partial charge in [0.1, 0.15) is 6.10 Å². The van der Waals surface area contributed by atoms with Crippen LogP contribution in [0.25, 0.3) is 10.9 Å². The van der Waals surface area contributed by atoms with Crippen molar-refractivity contribution in [1.29, 1.82) is 0 Å². The maximum atomic E-state index is 12.2. The van der Waals surface area contributed by atoms with E-state index in [0.29, 0.717) is 25.4 Å². The monoisotopic (exact) mass is 303 g/mol. The number of nitrogens with zero attached hydrogens (tertiary/aromatic N) is 1. The maximum absolute atomic E-state index is 12.2. The van der Waals surface area contributed by atoms with E-state index in [1.165, 1.54) is 7.11 Å². The number of ether oxygens (including phenoxy) is 3. The Morgan fingerprint density at radius 3 is 2.82 bits per heavy atom. The van der Waals surface area contributed by atoms with E-state index >= 15 is 0 Å². The zero-order chi connectivity index (χ0) is 15.7. The van der Waals surface area contributed by atoms with Crippen molar-refractivity contribution in [1.82, 2.24) is 4.57 Å². The van der Waals surface area contributed by atoms with Gasteiger partial charge >= 0.3 is 5.97 Å². The van der Waals surface area contributed by atoms with E-state index in [-0.39, 0.29) is 18.1 Å². The van der Waals surface area contributed by atoms with Gasteiger partial charge in [-0.05, 0) is 19.9 Å². The van der Waals surface area contributed by atoms with E-state index in [2.05, 4.69) is 11.5 Å². The van der Waals surface area contributed by atoms with E-state index < -0.39 is 0 Å². The summed E-state index contributed by atoms with van der Waals surface area (Å²) < 4.78 is 18.5. The summed E-state index contributed by atoms with van der Waals surface area (Å²) in [5.41, 5.74) is 2.54. The van der Waals surface area contributed by atoms with Crippen LogP contribution in [0.1, 0.15) is 29.0 Å². The number of methoxy groups -OCH3 is 1. The lowest BCUT2D eigenvalue weighted by atomic mass is 10.1. The molecule has 22 heavy (non-hydrogen) atoms. The first-order valence-electron chi connectivity index (χ1n) is 7.52. The number of carbonyl (C=O) groups is 1. The van der Waals surface area contributed by atoms with Gasteiger partial charge in [-0.2, -0.15) is 0 Å². The number of fused-ring (bicyclic) bond motifs is 1. The van der Waals surface area contributed by atoms with Crippen LogP contribution >= 0.6 is 0 Å². The molecule has 1 aliphatic rings. The van der Waals surface area contributed by atoms with Crippen LogP contribution in [0.5, 0.6) is 0 Å². The maximum Gasteiger partial charge on any atom is 0.340 e. The molecule has 5 heteroatoms. The smallest absolute Gasteiger partial charge is 0.340 e. The van der Waals surface area contributed by atoms with Crippen LogP contribution in [-0.4, -0.2) is 43.6 Å². The van der Waals surface area contributed by atoms with E-state index in [1.807, 2.05) is 31.2 Å². The van der Waals surface area contributed by atoms with Crippen molar-refractivity contribution in [3.63, 3.8) is 0 Å². The third-order valence-corrected chi connectivity index (χ3v) is 4.33. The molecule has 0 saturated carbocycles. The molecule has 0 aliphatic carbocycles. The first-order chi connectivity index (χ1) is 10.6. The molecule has 2 aromatic rings. The molecule has 118 valence electrons. The van der Waals surface area contributed by atoms with Crippen LogP contribution in [0.2, 0.25) is 0 Å². The molecule has 1 aromatic carbocycles. The number of carbonyl (C=O) groups excluding carboxylic acids is 1. The summed E-state index contributed by atoms with van der Waals surface area (Å²) in [6.07, 6.45) is -0.0197. The summed E-state index contributed by atoms with van der Waals surface area (Å²) in [6, 6.07) is 7.96. The first-order valence-corrected chi connectivity index (χ1v) is 7.52. The second-order valence-corrected chi connectivity index (χ2v) is 5.56. The summed E-state index contributed by atoms with van der Waals surface area (Å²) in [5, 5.41) is 0.912. The van der Waals surface area contributed by atoms with Crippen LogP contribution in [-0.2, 0) is 14.2 Å². The second kappa shape index (κ2) is 6.10. The average molecular weight is 303 g/mol. The van der Waals surface area contributed by atoms with E-state index in [9.17, 15) is 4.79 Å². The van der Waals surface area contributed by atoms with Gasteiger partial charge in [0.25, 0.3) is 0 Å². The molecule has 5 nitrogen and oxygen atoms in total. The van der Waals surface area contributed by atoms with E-state index in [1.54, 1.807) is 0 Å². The van der Waals surface area contributed by atoms with Crippen molar-refractivity contribution in [2.24, 2.45) is 0 Å². The second-order valence-electron chi connectivity index (χ2n) is 5.56. The highest BCUT2D eigenvalue weighted by Gasteiger charge is 2.28. The summed E-state index contributed by atoms with van der Waals surface area (Å²) >= 11 is 0. The Morgan fingerprint density at radius 1 is 1.36 bits per heavy atom. The Hall–Kier alpha value is -1.85. The average Bonchev–Trinajstić information content (AvgIpc) is 2.86. The van der Waals surface area contributed by atoms with Gasteiger partial charge in [-0.1, -0.05) is 18.2 Å². The van der Waals surface area contributed by atoms with Crippen molar-refractivity contribution in [2.45, 2.75) is 26.0 Å².